The highest BCUT2D eigenvalue weighted by atomic mass is 15.3. The second-order valence-corrected chi connectivity index (χ2v) is 5.18. The van der Waals surface area contributed by atoms with Gasteiger partial charge >= 0.3 is 0 Å². The fourth-order valence-electron chi connectivity index (χ4n) is 2.67. The van der Waals surface area contributed by atoms with Crippen molar-refractivity contribution >= 4 is 16.5 Å². The van der Waals surface area contributed by atoms with Crippen LogP contribution in [-0.4, -0.2) is 9.78 Å². The first-order valence-corrected chi connectivity index (χ1v) is 7.59. The highest BCUT2D eigenvalue weighted by Gasteiger charge is 2.06. The first kappa shape index (κ1) is 13.7. The maximum absolute atomic E-state index is 4.60. The lowest BCUT2D eigenvalue weighted by atomic mass is 10.1. The van der Waals surface area contributed by atoms with Crippen LogP contribution in [0.4, 0.5) is 5.69 Å². The standard InChI is InChI=1S/C18H21N3/c1-3-15-12-16(21(4-2)20-15)13-19-18-11-7-9-14-8-5-6-10-17(14)18/h5-12,19H,3-4,13H2,1-2H3. The summed E-state index contributed by atoms with van der Waals surface area (Å²) in [6.07, 6.45) is 0.980. The van der Waals surface area contributed by atoms with Crippen LogP contribution in [-0.2, 0) is 19.5 Å². The number of anilines is 1. The van der Waals surface area contributed by atoms with E-state index in [4.69, 9.17) is 0 Å². The van der Waals surface area contributed by atoms with Crippen molar-refractivity contribution in [2.45, 2.75) is 33.4 Å². The molecule has 0 amide bonds. The maximum Gasteiger partial charge on any atom is 0.0625 e. The summed E-state index contributed by atoms with van der Waals surface area (Å²) in [5.41, 5.74) is 3.57. The highest BCUT2D eigenvalue weighted by Crippen LogP contribution is 2.23. The molecule has 0 aliphatic rings. The second kappa shape index (κ2) is 6.00. The van der Waals surface area contributed by atoms with Crippen molar-refractivity contribution in [3.63, 3.8) is 0 Å². The molecular formula is C18H21N3. The fraction of sp³-hybridized carbons (Fsp3) is 0.278. The summed E-state index contributed by atoms with van der Waals surface area (Å²) in [4.78, 5) is 0. The zero-order valence-corrected chi connectivity index (χ0v) is 12.6. The molecule has 0 aliphatic carbocycles. The van der Waals surface area contributed by atoms with E-state index in [-0.39, 0.29) is 0 Å². The van der Waals surface area contributed by atoms with Crippen LogP contribution in [0.15, 0.2) is 48.5 Å². The quantitative estimate of drug-likeness (QED) is 0.757. The van der Waals surface area contributed by atoms with E-state index in [9.17, 15) is 0 Å². The highest BCUT2D eigenvalue weighted by molar-refractivity contribution is 5.93. The first-order chi connectivity index (χ1) is 10.3. The van der Waals surface area contributed by atoms with Gasteiger partial charge in [-0.2, -0.15) is 5.10 Å². The van der Waals surface area contributed by atoms with E-state index in [1.54, 1.807) is 0 Å². The van der Waals surface area contributed by atoms with Crippen LogP contribution in [0.3, 0.4) is 0 Å². The molecule has 0 fully saturated rings. The molecule has 1 N–H and O–H groups in total. The Morgan fingerprint density at radius 1 is 1.05 bits per heavy atom. The molecule has 1 aromatic heterocycles. The molecule has 0 bridgehead atoms. The Morgan fingerprint density at radius 2 is 1.86 bits per heavy atom. The number of fused-ring (bicyclic) bond motifs is 1. The van der Waals surface area contributed by atoms with Crippen molar-refractivity contribution in [2.24, 2.45) is 0 Å². The zero-order chi connectivity index (χ0) is 14.7. The maximum atomic E-state index is 4.60. The van der Waals surface area contributed by atoms with Gasteiger partial charge in [0.2, 0.25) is 0 Å². The van der Waals surface area contributed by atoms with E-state index >= 15 is 0 Å². The van der Waals surface area contributed by atoms with E-state index in [1.165, 1.54) is 22.2 Å². The predicted molar refractivity (Wildman–Crippen MR) is 88.6 cm³/mol. The number of hydrogen-bond acceptors (Lipinski definition) is 2. The van der Waals surface area contributed by atoms with Crippen LogP contribution in [0.5, 0.6) is 0 Å². The number of hydrogen-bond donors (Lipinski definition) is 1. The van der Waals surface area contributed by atoms with E-state index in [0.29, 0.717) is 0 Å². The van der Waals surface area contributed by atoms with E-state index in [2.05, 4.69) is 77.5 Å². The molecule has 0 radical (unpaired) electrons. The molecule has 3 heteroatoms. The molecule has 108 valence electrons. The van der Waals surface area contributed by atoms with Crippen LogP contribution in [0.25, 0.3) is 10.8 Å². The van der Waals surface area contributed by atoms with Gasteiger partial charge in [-0.3, -0.25) is 4.68 Å². The number of aryl methyl sites for hydroxylation is 2. The summed E-state index contributed by atoms with van der Waals surface area (Å²) in [5, 5.41) is 10.7. The van der Waals surface area contributed by atoms with Gasteiger partial charge in [-0.1, -0.05) is 43.3 Å². The topological polar surface area (TPSA) is 29.9 Å². The minimum absolute atomic E-state index is 0.800. The van der Waals surface area contributed by atoms with E-state index in [1.807, 2.05) is 0 Å². The first-order valence-electron chi connectivity index (χ1n) is 7.59. The summed E-state index contributed by atoms with van der Waals surface area (Å²) in [5.74, 6) is 0. The minimum Gasteiger partial charge on any atom is -0.379 e. The third-order valence-corrected chi connectivity index (χ3v) is 3.83. The van der Waals surface area contributed by atoms with Gasteiger partial charge in [-0.15, -0.1) is 0 Å². The lowest BCUT2D eigenvalue weighted by Crippen LogP contribution is -2.08. The van der Waals surface area contributed by atoms with Gasteiger partial charge in [0.05, 0.1) is 17.9 Å². The summed E-state index contributed by atoms with van der Waals surface area (Å²) < 4.78 is 2.08. The van der Waals surface area contributed by atoms with Gasteiger partial charge in [0.15, 0.2) is 0 Å². The molecule has 3 aromatic rings. The Bertz CT molecular complexity index is 738. The number of aromatic nitrogens is 2. The number of nitrogens with one attached hydrogen (secondary N) is 1. The van der Waals surface area contributed by atoms with Crippen molar-refractivity contribution in [1.82, 2.24) is 9.78 Å². The third kappa shape index (κ3) is 2.77. The van der Waals surface area contributed by atoms with E-state index < -0.39 is 0 Å². The molecular weight excluding hydrogens is 258 g/mol. The number of rotatable bonds is 5. The Hall–Kier alpha value is -2.29. The molecule has 0 atom stereocenters. The monoisotopic (exact) mass is 279 g/mol. The van der Waals surface area contributed by atoms with Gasteiger partial charge in [0.25, 0.3) is 0 Å². The van der Waals surface area contributed by atoms with Crippen LogP contribution in [0.2, 0.25) is 0 Å². The lowest BCUT2D eigenvalue weighted by molar-refractivity contribution is 0.619. The van der Waals surface area contributed by atoms with Crippen molar-refractivity contribution in [3.05, 3.63) is 59.9 Å². The summed E-state index contributed by atoms with van der Waals surface area (Å²) in [7, 11) is 0. The molecule has 0 saturated carbocycles. The summed E-state index contributed by atoms with van der Waals surface area (Å²) >= 11 is 0. The molecule has 0 spiro atoms. The zero-order valence-electron chi connectivity index (χ0n) is 12.6. The van der Waals surface area contributed by atoms with Gasteiger partial charge in [0.1, 0.15) is 0 Å². The SMILES string of the molecule is CCc1cc(CNc2cccc3ccccc23)n(CC)n1. The number of nitrogens with zero attached hydrogens (tertiary/aromatic N) is 2. The molecule has 3 nitrogen and oxygen atoms in total. The second-order valence-electron chi connectivity index (χ2n) is 5.18. The lowest BCUT2D eigenvalue weighted by Gasteiger charge is -2.10. The summed E-state index contributed by atoms with van der Waals surface area (Å²) in [6, 6.07) is 17.0. The van der Waals surface area contributed by atoms with E-state index in [0.717, 1.165) is 25.2 Å². The third-order valence-electron chi connectivity index (χ3n) is 3.83. The van der Waals surface area contributed by atoms with Crippen LogP contribution >= 0.6 is 0 Å². The van der Waals surface area contributed by atoms with Gasteiger partial charge in [-0.05, 0) is 30.9 Å². The van der Waals surface area contributed by atoms with Gasteiger partial charge < -0.3 is 5.32 Å². The van der Waals surface area contributed by atoms with Gasteiger partial charge in [-0.25, -0.2) is 0 Å². The molecule has 2 aromatic carbocycles. The van der Waals surface area contributed by atoms with Crippen LogP contribution in [0, 0.1) is 0 Å². The summed E-state index contributed by atoms with van der Waals surface area (Å²) in [6.45, 7) is 5.99. The molecule has 1 heterocycles. The molecule has 0 saturated heterocycles. The Labute approximate surface area is 125 Å². The molecule has 0 unspecified atom stereocenters. The Morgan fingerprint density at radius 3 is 2.67 bits per heavy atom. The van der Waals surface area contributed by atoms with Gasteiger partial charge in [0, 0.05) is 17.6 Å². The van der Waals surface area contributed by atoms with Crippen molar-refractivity contribution < 1.29 is 0 Å². The van der Waals surface area contributed by atoms with Crippen molar-refractivity contribution in [3.8, 4) is 0 Å². The fourth-order valence-corrected chi connectivity index (χ4v) is 2.67. The van der Waals surface area contributed by atoms with Crippen molar-refractivity contribution in [2.75, 3.05) is 5.32 Å². The van der Waals surface area contributed by atoms with Crippen molar-refractivity contribution in [1.29, 1.82) is 0 Å². The normalized spacial score (nSPS) is 11.0. The smallest absolute Gasteiger partial charge is 0.0625 e. The molecule has 3 rings (SSSR count). The molecule has 21 heavy (non-hydrogen) atoms. The number of benzene rings is 2. The average Bonchev–Trinajstić information content (AvgIpc) is 2.95. The predicted octanol–water partition coefficient (Wildman–Crippen LogP) is 4.23. The average molecular weight is 279 g/mol. The minimum atomic E-state index is 0.800. The Kier molecular flexibility index (Phi) is 3.91. The molecule has 0 aliphatic heterocycles. The Balaban J connectivity index is 1.85. The van der Waals surface area contributed by atoms with Crippen LogP contribution < -0.4 is 5.32 Å². The largest absolute Gasteiger partial charge is 0.379 e. The van der Waals surface area contributed by atoms with Crippen LogP contribution in [0.1, 0.15) is 25.2 Å².